The highest BCUT2D eigenvalue weighted by atomic mass is 19.4. The first-order chi connectivity index (χ1) is 13.3. The first kappa shape index (κ1) is 21.1. The second-order valence-electron chi connectivity index (χ2n) is 8.15. The van der Waals surface area contributed by atoms with Crippen molar-refractivity contribution >= 4 is 5.91 Å². The molecule has 0 aromatic heterocycles. The van der Waals surface area contributed by atoms with E-state index in [1.807, 2.05) is 7.05 Å². The van der Waals surface area contributed by atoms with Crippen molar-refractivity contribution in [2.75, 3.05) is 33.2 Å². The van der Waals surface area contributed by atoms with Crippen molar-refractivity contribution in [3.8, 4) is 0 Å². The average Bonchev–Trinajstić information content (AvgIpc) is 3.18. The Morgan fingerprint density at radius 2 is 2.00 bits per heavy atom. The molecule has 2 aliphatic rings. The number of carbonyl (C=O) groups excluding carboxylic acids is 1. The molecule has 0 bridgehead atoms. The summed E-state index contributed by atoms with van der Waals surface area (Å²) >= 11 is 0. The lowest BCUT2D eigenvalue weighted by Gasteiger charge is -2.39. The fraction of sp³-hybridized carbons (Fsp3) is 0.667. The van der Waals surface area contributed by atoms with Crippen LogP contribution in [-0.2, 0) is 11.0 Å². The maximum Gasteiger partial charge on any atom is 0.416 e. The number of nitrogens with one attached hydrogen (secondary N) is 2. The van der Waals surface area contributed by atoms with Gasteiger partial charge in [-0.05, 0) is 81.9 Å². The summed E-state index contributed by atoms with van der Waals surface area (Å²) in [6.07, 6.45) is 0.256. The van der Waals surface area contributed by atoms with Crippen LogP contribution in [-0.4, -0.2) is 44.0 Å². The molecule has 1 amide bonds. The molecular weight excluding hydrogens is 367 g/mol. The molecule has 0 spiro atoms. The molecule has 0 aliphatic carbocycles. The average molecular weight is 397 g/mol. The van der Waals surface area contributed by atoms with Crippen LogP contribution in [0.3, 0.4) is 0 Å². The van der Waals surface area contributed by atoms with Crippen LogP contribution in [0, 0.1) is 11.8 Å². The molecule has 2 saturated heterocycles. The van der Waals surface area contributed by atoms with Gasteiger partial charge in [0, 0.05) is 19.0 Å². The number of alkyl halides is 3. The fourth-order valence-electron chi connectivity index (χ4n) is 4.50. The van der Waals surface area contributed by atoms with Gasteiger partial charge in [0.15, 0.2) is 0 Å². The third-order valence-electron chi connectivity index (χ3n) is 6.09. The number of hydrogen-bond donors (Lipinski definition) is 2. The van der Waals surface area contributed by atoms with Gasteiger partial charge in [-0.2, -0.15) is 13.2 Å². The molecule has 3 unspecified atom stereocenters. The highest BCUT2D eigenvalue weighted by Crippen LogP contribution is 2.36. The minimum Gasteiger partial charge on any atom is -0.356 e. The summed E-state index contributed by atoms with van der Waals surface area (Å²) in [6.45, 7) is 3.51. The van der Waals surface area contributed by atoms with Crippen LogP contribution in [0.15, 0.2) is 24.3 Å². The smallest absolute Gasteiger partial charge is 0.356 e. The van der Waals surface area contributed by atoms with Gasteiger partial charge in [0.1, 0.15) is 0 Å². The summed E-state index contributed by atoms with van der Waals surface area (Å²) in [5.74, 6) is 0.866. The van der Waals surface area contributed by atoms with E-state index in [0.29, 0.717) is 18.9 Å². The number of carbonyl (C=O) groups is 1. The van der Waals surface area contributed by atoms with Crippen molar-refractivity contribution in [3.05, 3.63) is 35.4 Å². The third-order valence-corrected chi connectivity index (χ3v) is 6.09. The molecule has 2 fully saturated rings. The zero-order valence-electron chi connectivity index (χ0n) is 16.4. The number of amides is 1. The lowest BCUT2D eigenvalue weighted by molar-refractivity contribution is -0.137. The lowest BCUT2D eigenvalue weighted by atomic mass is 9.84. The highest BCUT2D eigenvalue weighted by Gasteiger charge is 2.33. The lowest BCUT2D eigenvalue weighted by Crippen LogP contribution is -2.41. The van der Waals surface area contributed by atoms with Gasteiger partial charge in [-0.1, -0.05) is 12.1 Å². The van der Waals surface area contributed by atoms with E-state index < -0.39 is 11.7 Å². The Balaban J connectivity index is 1.58. The van der Waals surface area contributed by atoms with E-state index in [1.54, 1.807) is 12.1 Å². The van der Waals surface area contributed by atoms with Crippen LogP contribution in [0.1, 0.15) is 49.3 Å². The van der Waals surface area contributed by atoms with E-state index in [4.69, 9.17) is 0 Å². The van der Waals surface area contributed by atoms with E-state index >= 15 is 0 Å². The second kappa shape index (κ2) is 9.27. The van der Waals surface area contributed by atoms with Gasteiger partial charge in [-0.15, -0.1) is 0 Å². The molecule has 4 nitrogen and oxygen atoms in total. The summed E-state index contributed by atoms with van der Waals surface area (Å²) in [7, 11) is 2.00. The van der Waals surface area contributed by atoms with Crippen LogP contribution in [0.5, 0.6) is 0 Å². The van der Waals surface area contributed by atoms with Gasteiger partial charge in [-0.25, -0.2) is 0 Å². The zero-order valence-corrected chi connectivity index (χ0v) is 16.4. The molecule has 7 heteroatoms. The predicted molar refractivity (Wildman–Crippen MR) is 103 cm³/mol. The van der Waals surface area contributed by atoms with Crippen LogP contribution < -0.4 is 10.6 Å². The van der Waals surface area contributed by atoms with Gasteiger partial charge in [0.25, 0.3) is 0 Å². The molecule has 0 saturated carbocycles. The van der Waals surface area contributed by atoms with E-state index in [0.717, 1.165) is 63.0 Å². The summed E-state index contributed by atoms with van der Waals surface area (Å²) in [4.78, 5) is 14.4. The predicted octanol–water partition coefficient (Wildman–Crippen LogP) is 3.59. The van der Waals surface area contributed by atoms with Crippen molar-refractivity contribution < 1.29 is 18.0 Å². The van der Waals surface area contributed by atoms with Crippen molar-refractivity contribution in [1.82, 2.24) is 15.5 Å². The summed E-state index contributed by atoms with van der Waals surface area (Å²) in [6, 6.07) is 5.50. The topological polar surface area (TPSA) is 44.4 Å². The monoisotopic (exact) mass is 397 g/mol. The molecule has 3 atom stereocenters. The van der Waals surface area contributed by atoms with Crippen LogP contribution in [0.2, 0.25) is 0 Å². The molecule has 1 aromatic rings. The zero-order chi connectivity index (χ0) is 20.1. The van der Waals surface area contributed by atoms with Crippen LogP contribution >= 0.6 is 0 Å². The second-order valence-corrected chi connectivity index (χ2v) is 8.15. The Morgan fingerprint density at radius 1 is 1.25 bits per heavy atom. The number of likely N-dealkylation sites (tertiary alicyclic amines) is 1. The Morgan fingerprint density at radius 3 is 2.64 bits per heavy atom. The summed E-state index contributed by atoms with van der Waals surface area (Å²) < 4.78 is 38.5. The van der Waals surface area contributed by atoms with Gasteiger partial charge < -0.3 is 10.6 Å². The van der Waals surface area contributed by atoms with Gasteiger partial charge in [-0.3, -0.25) is 9.69 Å². The molecular formula is C21H30F3N3O. The van der Waals surface area contributed by atoms with E-state index in [1.165, 1.54) is 0 Å². The first-order valence-corrected chi connectivity index (χ1v) is 10.2. The molecule has 156 valence electrons. The Bertz CT molecular complexity index is 641. The normalized spacial score (nSPS) is 26.4. The number of rotatable bonds is 6. The summed E-state index contributed by atoms with van der Waals surface area (Å²) in [5, 5.41) is 6.38. The number of halogens is 3. The highest BCUT2D eigenvalue weighted by molar-refractivity contribution is 5.75. The van der Waals surface area contributed by atoms with E-state index in [2.05, 4.69) is 15.5 Å². The maximum absolute atomic E-state index is 12.8. The Hall–Kier alpha value is -1.60. The van der Waals surface area contributed by atoms with Crippen molar-refractivity contribution in [1.29, 1.82) is 0 Å². The largest absolute Gasteiger partial charge is 0.416 e. The maximum atomic E-state index is 12.8. The van der Waals surface area contributed by atoms with Crippen LogP contribution in [0.25, 0.3) is 0 Å². The van der Waals surface area contributed by atoms with E-state index in [-0.39, 0.29) is 17.9 Å². The van der Waals surface area contributed by atoms with Crippen molar-refractivity contribution in [3.63, 3.8) is 0 Å². The standard InChI is InChI=1S/C21H30F3N3O/c1-27-12-2-3-17(14-26-19(28)9-4-15-10-11-25-13-15)20(27)16-5-7-18(8-6-16)21(22,23)24/h5-8,15,17,20,25H,2-4,9-14H2,1H3,(H,26,28). The minimum atomic E-state index is -4.32. The Labute approximate surface area is 164 Å². The molecule has 3 rings (SSSR count). The van der Waals surface area contributed by atoms with Crippen molar-refractivity contribution in [2.24, 2.45) is 11.8 Å². The summed E-state index contributed by atoms with van der Waals surface area (Å²) in [5.41, 5.74) is 0.257. The van der Waals surface area contributed by atoms with Crippen LogP contribution in [0.4, 0.5) is 13.2 Å². The number of benzene rings is 1. The first-order valence-electron chi connectivity index (χ1n) is 10.2. The molecule has 0 radical (unpaired) electrons. The Kier molecular flexibility index (Phi) is 6.99. The van der Waals surface area contributed by atoms with E-state index in [9.17, 15) is 18.0 Å². The molecule has 2 N–H and O–H groups in total. The molecule has 2 aliphatic heterocycles. The molecule has 28 heavy (non-hydrogen) atoms. The third kappa shape index (κ3) is 5.47. The SMILES string of the molecule is CN1CCCC(CNC(=O)CCC2CCNC2)C1c1ccc(C(F)(F)F)cc1. The quantitative estimate of drug-likeness (QED) is 0.771. The number of piperidine rings is 1. The minimum absolute atomic E-state index is 0.0235. The molecule has 2 heterocycles. The van der Waals surface area contributed by atoms with Gasteiger partial charge in [0.2, 0.25) is 5.91 Å². The number of hydrogen-bond acceptors (Lipinski definition) is 3. The molecule has 1 aromatic carbocycles. The van der Waals surface area contributed by atoms with Crippen molar-refractivity contribution in [2.45, 2.75) is 44.3 Å². The number of nitrogens with zero attached hydrogens (tertiary/aromatic N) is 1. The van der Waals surface area contributed by atoms with Gasteiger partial charge >= 0.3 is 6.18 Å². The van der Waals surface area contributed by atoms with Gasteiger partial charge in [0.05, 0.1) is 5.56 Å². The fourth-order valence-corrected chi connectivity index (χ4v) is 4.50.